The molecule has 1 saturated heterocycles. The molecule has 0 amide bonds. The average Bonchev–Trinajstić information content (AvgIpc) is 2.46. The molecular formula is C16H24ClNO. The average molecular weight is 282 g/mol. The lowest BCUT2D eigenvalue weighted by Crippen LogP contribution is -2.36. The Labute approximate surface area is 121 Å². The smallest absolute Gasteiger partial charge is 0.0802 e. The topological polar surface area (TPSA) is 23.5 Å². The van der Waals surface area contributed by atoms with Gasteiger partial charge in [0.25, 0.3) is 0 Å². The van der Waals surface area contributed by atoms with Crippen molar-refractivity contribution in [1.82, 2.24) is 4.90 Å². The number of halogens is 1. The van der Waals surface area contributed by atoms with Crippen molar-refractivity contribution < 1.29 is 5.11 Å². The second kappa shape index (κ2) is 7.28. The molecule has 1 N–H and O–H groups in total. The summed E-state index contributed by atoms with van der Waals surface area (Å²) >= 11 is 5.86. The molecule has 1 fully saturated rings. The van der Waals surface area contributed by atoms with E-state index in [0.717, 1.165) is 29.5 Å². The molecule has 3 heteroatoms. The lowest BCUT2D eigenvalue weighted by Gasteiger charge is -2.32. The number of nitrogens with zero attached hydrogens (tertiary/aromatic N) is 1. The Morgan fingerprint density at radius 2 is 2.11 bits per heavy atom. The number of hydrogen-bond donors (Lipinski definition) is 1. The van der Waals surface area contributed by atoms with Crippen molar-refractivity contribution >= 4 is 11.6 Å². The Morgan fingerprint density at radius 1 is 1.37 bits per heavy atom. The molecule has 1 aromatic carbocycles. The Morgan fingerprint density at radius 3 is 2.79 bits per heavy atom. The number of likely N-dealkylation sites (tertiary alicyclic amines) is 1. The molecule has 1 aliphatic rings. The van der Waals surface area contributed by atoms with Gasteiger partial charge < -0.3 is 10.0 Å². The zero-order valence-electron chi connectivity index (χ0n) is 11.7. The third-order valence-electron chi connectivity index (χ3n) is 4.15. The van der Waals surface area contributed by atoms with Gasteiger partial charge in [0.1, 0.15) is 0 Å². The van der Waals surface area contributed by atoms with E-state index in [1.165, 1.54) is 32.4 Å². The third-order valence-corrected chi connectivity index (χ3v) is 4.41. The molecule has 2 nitrogen and oxygen atoms in total. The molecule has 2 unspecified atom stereocenters. The van der Waals surface area contributed by atoms with Crippen molar-refractivity contribution in [2.45, 2.75) is 38.7 Å². The van der Waals surface area contributed by atoms with Crippen LogP contribution in [0.1, 0.15) is 44.3 Å². The lowest BCUT2D eigenvalue weighted by molar-refractivity contribution is 0.118. The SMILES string of the molecule is CCC1CCCN(CCC(O)c2ccc(Cl)cc2)C1. The van der Waals surface area contributed by atoms with Gasteiger partial charge in [-0.2, -0.15) is 0 Å². The maximum Gasteiger partial charge on any atom is 0.0802 e. The van der Waals surface area contributed by atoms with Crippen molar-refractivity contribution in [2.75, 3.05) is 19.6 Å². The number of piperidine rings is 1. The molecule has 1 aliphatic heterocycles. The second-order valence-corrected chi connectivity index (χ2v) is 6.01. The fourth-order valence-electron chi connectivity index (χ4n) is 2.84. The van der Waals surface area contributed by atoms with Gasteiger partial charge in [-0.25, -0.2) is 0 Å². The van der Waals surface area contributed by atoms with E-state index in [4.69, 9.17) is 11.6 Å². The molecule has 0 aromatic heterocycles. The first kappa shape index (κ1) is 14.8. The molecule has 2 rings (SSSR count). The van der Waals surface area contributed by atoms with E-state index >= 15 is 0 Å². The number of aliphatic hydroxyl groups is 1. The van der Waals surface area contributed by atoms with Crippen molar-refractivity contribution in [2.24, 2.45) is 5.92 Å². The number of rotatable bonds is 5. The van der Waals surface area contributed by atoms with Crippen LogP contribution in [-0.4, -0.2) is 29.6 Å². The number of hydrogen-bond acceptors (Lipinski definition) is 2. The van der Waals surface area contributed by atoms with Crippen LogP contribution in [0, 0.1) is 5.92 Å². The van der Waals surface area contributed by atoms with Gasteiger partial charge in [-0.3, -0.25) is 0 Å². The normalized spacial score (nSPS) is 22.4. The standard InChI is InChI=1S/C16H24ClNO/c1-2-13-4-3-10-18(12-13)11-9-16(19)14-5-7-15(17)8-6-14/h5-8,13,16,19H,2-4,9-12H2,1H3. The highest BCUT2D eigenvalue weighted by molar-refractivity contribution is 6.30. The number of aliphatic hydroxyl groups excluding tert-OH is 1. The van der Waals surface area contributed by atoms with Crippen LogP contribution in [0.2, 0.25) is 5.02 Å². The highest BCUT2D eigenvalue weighted by Crippen LogP contribution is 2.22. The van der Waals surface area contributed by atoms with Gasteiger partial charge in [-0.05, 0) is 49.4 Å². The summed E-state index contributed by atoms with van der Waals surface area (Å²) in [7, 11) is 0. The van der Waals surface area contributed by atoms with Gasteiger partial charge in [0.05, 0.1) is 6.10 Å². The highest BCUT2D eigenvalue weighted by atomic mass is 35.5. The van der Waals surface area contributed by atoms with Crippen molar-refractivity contribution in [1.29, 1.82) is 0 Å². The Hall–Kier alpha value is -0.570. The minimum atomic E-state index is -0.376. The summed E-state index contributed by atoms with van der Waals surface area (Å²) in [6.45, 7) is 5.64. The van der Waals surface area contributed by atoms with Crippen LogP contribution < -0.4 is 0 Å². The van der Waals surface area contributed by atoms with E-state index in [0.29, 0.717) is 0 Å². The molecular weight excluding hydrogens is 258 g/mol. The fraction of sp³-hybridized carbons (Fsp3) is 0.625. The highest BCUT2D eigenvalue weighted by Gasteiger charge is 2.19. The Kier molecular flexibility index (Phi) is 5.68. The van der Waals surface area contributed by atoms with Crippen LogP contribution in [-0.2, 0) is 0 Å². The van der Waals surface area contributed by atoms with Crippen LogP contribution in [0.3, 0.4) is 0 Å². The summed E-state index contributed by atoms with van der Waals surface area (Å²) in [6, 6.07) is 7.51. The number of benzene rings is 1. The second-order valence-electron chi connectivity index (χ2n) is 5.57. The van der Waals surface area contributed by atoms with Crippen LogP contribution in [0.5, 0.6) is 0 Å². The summed E-state index contributed by atoms with van der Waals surface area (Å²) in [5, 5.41) is 10.9. The monoisotopic (exact) mass is 281 g/mol. The minimum absolute atomic E-state index is 0.376. The molecule has 0 spiro atoms. The molecule has 0 radical (unpaired) electrons. The molecule has 1 aromatic rings. The molecule has 0 bridgehead atoms. The van der Waals surface area contributed by atoms with Gasteiger partial charge in [0.2, 0.25) is 0 Å². The zero-order chi connectivity index (χ0) is 13.7. The maximum atomic E-state index is 10.2. The summed E-state index contributed by atoms with van der Waals surface area (Å²) < 4.78 is 0. The zero-order valence-corrected chi connectivity index (χ0v) is 12.4. The minimum Gasteiger partial charge on any atom is -0.388 e. The first-order chi connectivity index (χ1) is 9.19. The van der Waals surface area contributed by atoms with Gasteiger partial charge >= 0.3 is 0 Å². The van der Waals surface area contributed by atoms with Crippen molar-refractivity contribution in [3.63, 3.8) is 0 Å². The molecule has 19 heavy (non-hydrogen) atoms. The first-order valence-electron chi connectivity index (χ1n) is 7.35. The summed E-state index contributed by atoms with van der Waals surface area (Å²) in [5.74, 6) is 0.849. The van der Waals surface area contributed by atoms with Crippen LogP contribution in [0.25, 0.3) is 0 Å². The van der Waals surface area contributed by atoms with Gasteiger partial charge in [-0.1, -0.05) is 37.1 Å². The Bertz CT molecular complexity index is 379. The molecule has 1 heterocycles. The maximum absolute atomic E-state index is 10.2. The quantitative estimate of drug-likeness (QED) is 0.885. The van der Waals surface area contributed by atoms with Gasteiger partial charge in [0.15, 0.2) is 0 Å². The lowest BCUT2D eigenvalue weighted by atomic mass is 9.95. The van der Waals surface area contributed by atoms with E-state index in [-0.39, 0.29) is 6.10 Å². The van der Waals surface area contributed by atoms with E-state index in [1.54, 1.807) is 0 Å². The van der Waals surface area contributed by atoms with Crippen molar-refractivity contribution in [3.05, 3.63) is 34.9 Å². The van der Waals surface area contributed by atoms with E-state index in [2.05, 4.69) is 11.8 Å². The van der Waals surface area contributed by atoms with Crippen molar-refractivity contribution in [3.8, 4) is 0 Å². The molecule has 2 atom stereocenters. The summed E-state index contributed by atoms with van der Waals surface area (Å²) in [5.41, 5.74) is 0.966. The summed E-state index contributed by atoms with van der Waals surface area (Å²) in [4.78, 5) is 2.50. The first-order valence-corrected chi connectivity index (χ1v) is 7.72. The van der Waals surface area contributed by atoms with E-state index in [9.17, 15) is 5.11 Å². The predicted molar refractivity (Wildman–Crippen MR) is 80.5 cm³/mol. The van der Waals surface area contributed by atoms with Gasteiger partial charge in [0, 0.05) is 18.1 Å². The van der Waals surface area contributed by atoms with Gasteiger partial charge in [-0.15, -0.1) is 0 Å². The van der Waals surface area contributed by atoms with E-state index in [1.807, 2.05) is 24.3 Å². The fourth-order valence-corrected chi connectivity index (χ4v) is 2.97. The molecule has 0 aliphatic carbocycles. The van der Waals surface area contributed by atoms with E-state index < -0.39 is 0 Å². The Balaban J connectivity index is 1.79. The predicted octanol–water partition coefficient (Wildman–Crippen LogP) is 3.89. The third kappa shape index (κ3) is 4.48. The largest absolute Gasteiger partial charge is 0.388 e. The van der Waals surface area contributed by atoms with Crippen LogP contribution in [0.4, 0.5) is 0 Å². The van der Waals surface area contributed by atoms with Crippen LogP contribution in [0.15, 0.2) is 24.3 Å². The van der Waals surface area contributed by atoms with Crippen LogP contribution >= 0.6 is 11.6 Å². The molecule has 106 valence electrons. The summed E-state index contributed by atoms with van der Waals surface area (Å²) in [6.07, 6.45) is 4.37. The molecule has 0 saturated carbocycles.